The molecular formula is C56H52F8N10O12S2. The fraction of sp³-hybridized carbons (Fsp3) is 0.357. The van der Waals surface area contributed by atoms with Crippen LogP contribution in [0.15, 0.2) is 116 Å². The number of nitrogens with zero attached hydrogens (tertiary/aromatic N) is 8. The Morgan fingerprint density at radius 2 is 1.38 bits per heavy atom. The van der Waals surface area contributed by atoms with E-state index >= 15 is 4.39 Å². The number of benzene rings is 4. The first-order valence-electron chi connectivity index (χ1n) is 26.6. The number of nitrogens with two attached hydrogens (primary N) is 2. The van der Waals surface area contributed by atoms with Gasteiger partial charge in [-0.3, -0.25) is 9.59 Å². The van der Waals surface area contributed by atoms with Crippen molar-refractivity contribution in [3.05, 3.63) is 131 Å². The number of fused-ring (bicyclic) bond motifs is 4. The smallest absolute Gasteiger partial charge is 0.453 e. The molecule has 0 unspecified atom stereocenters. The Balaban J connectivity index is 0.000000195. The topological polar surface area (TPSA) is 300 Å². The molecular weight excluding hydrogens is 1220 g/mol. The number of aromatic nitrogens is 5. The first-order valence-corrected chi connectivity index (χ1v) is 29.9. The number of carbonyl (C=O) groups is 3. The molecule has 3 aromatic heterocycles. The molecule has 12 rings (SSSR count). The van der Waals surface area contributed by atoms with Crippen LogP contribution in [0.2, 0.25) is 0 Å². The number of methoxy groups -OCH3 is 1. The van der Waals surface area contributed by atoms with Crippen LogP contribution in [0.3, 0.4) is 0 Å². The van der Waals surface area contributed by atoms with Crippen molar-refractivity contribution in [3.8, 4) is 40.2 Å². The predicted octanol–water partition coefficient (Wildman–Crippen LogP) is 8.38. The van der Waals surface area contributed by atoms with Gasteiger partial charge in [0.1, 0.15) is 17.3 Å². The van der Waals surface area contributed by atoms with Gasteiger partial charge in [0.15, 0.2) is 19.7 Å². The number of pyridine rings is 1. The van der Waals surface area contributed by atoms with Crippen molar-refractivity contribution in [1.82, 2.24) is 30.2 Å². The Hall–Kier alpha value is -8.62. The molecule has 3 amide bonds. The summed E-state index contributed by atoms with van der Waals surface area (Å²) >= 11 is 0. The zero-order valence-corrected chi connectivity index (χ0v) is 48.3. The number of halogens is 8. The standard InChI is InChI=1S/C28H26F5N5O7S.C28H26F3N5O5S/c1-43-26(40)37-10-15-8-27(9-15,13-37)25-35-22(36-45-25)17-6-20-21(7-18(17)29)46(41,42)12-19(34)23(39)38(20)11-14-2-4-16(5-3-14)44-28(32,33)24(30)31;1-27(2,3)26-35-34-24(41-26)17-6-10-22-21(12-17)36(25(37)20(32)15-42(22,38)39)14-16-4-8-19(9-5-16)40-23-11-7-18(13-33-23)28(29,30)31/h2-7,15,19,24H,8-13,34H2,1H3;4-13,20H,14-15,32H2,1-3H3/t15?,19-,27?;20-/m00/s1. The number of carbonyl (C=O) groups excluding carboxylic acids is 3. The third kappa shape index (κ3) is 12.7. The number of sulfone groups is 2. The van der Waals surface area contributed by atoms with E-state index in [-0.39, 0.29) is 76.4 Å². The monoisotopic (exact) mass is 1270 g/mol. The maximum atomic E-state index is 15.6. The van der Waals surface area contributed by atoms with Crippen LogP contribution >= 0.6 is 0 Å². The number of alkyl halides is 7. The van der Waals surface area contributed by atoms with E-state index in [1.807, 2.05) is 20.8 Å². The lowest BCUT2D eigenvalue weighted by atomic mass is 9.58. The summed E-state index contributed by atoms with van der Waals surface area (Å²) in [4.78, 5) is 50.2. The zero-order chi connectivity index (χ0) is 63.6. The Bertz CT molecular complexity index is 4050. The van der Waals surface area contributed by atoms with E-state index in [4.69, 9.17) is 29.9 Å². The summed E-state index contributed by atoms with van der Waals surface area (Å²) in [5, 5.41) is 12.1. The summed E-state index contributed by atoms with van der Waals surface area (Å²) in [6, 6.07) is 16.1. The number of rotatable bonds is 12. The minimum absolute atomic E-state index is 0.0333. The van der Waals surface area contributed by atoms with Gasteiger partial charge in [-0.1, -0.05) is 50.2 Å². The molecule has 88 heavy (non-hydrogen) atoms. The van der Waals surface area contributed by atoms with Crippen molar-refractivity contribution in [3.63, 3.8) is 0 Å². The van der Waals surface area contributed by atoms with E-state index in [0.29, 0.717) is 48.4 Å². The average Bonchev–Trinajstić information content (AvgIpc) is 1.33. The lowest BCUT2D eigenvalue weighted by Gasteiger charge is -2.53. The SMILES string of the molecule is CC(C)(C)c1nnc(-c2ccc3c(c2)N(Cc2ccc(Oc4ccc(C(F)(F)F)cn4)cc2)C(=O)[C@@H](N)CS3(=O)=O)o1.COC(=O)N1CC2CC(c3nc(-c4cc5c(cc4F)S(=O)(=O)C[C@H](N)C(=O)N5Cc4ccc(OC(F)(F)C(F)F)cc4)no3)(C2)C1. The molecule has 4 aliphatic heterocycles. The minimum atomic E-state index is -4.74. The van der Waals surface area contributed by atoms with Crippen molar-refractivity contribution in [2.75, 3.05) is 41.5 Å². The summed E-state index contributed by atoms with van der Waals surface area (Å²) in [6.45, 7) is 6.08. The van der Waals surface area contributed by atoms with Gasteiger partial charge in [-0.05, 0) is 90.6 Å². The summed E-state index contributed by atoms with van der Waals surface area (Å²) in [7, 11) is -6.93. The number of hydrogen-bond donors (Lipinski definition) is 2. The van der Waals surface area contributed by atoms with E-state index < -0.39 is 113 Å². The molecule has 22 nitrogen and oxygen atoms in total. The zero-order valence-electron chi connectivity index (χ0n) is 46.7. The molecule has 466 valence electrons. The molecule has 4 aromatic carbocycles. The van der Waals surface area contributed by atoms with Crippen LogP contribution in [0.5, 0.6) is 17.4 Å². The first-order chi connectivity index (χ1) is 41.2. The summed E-state index contributed by atoms with van der Waals surface area (Å²) in [6.07, 6.45) is -11.9. The third-order valence-electron chi connectivity index (χ3n) is 14.7. The number of hydrogen-bond acceptors (Lipinski definition) is 19. The van der Waals surface area contributed by atoms with Crippen molar-refractivity contribution in [2.45, 2.75) is 98.1 Å². The van der Waals surface area contributed by atoms with Crippen molar-refractivity contribution < 1.29 is 89.5 Å². The molecule has 1 saturated carbocycles. The lowest BCUT2D eigenvalue weighted by Crippen LogP contribution is -2.60. The van der Waals surface area contributed by atoms with Crippen molar-refractivity contribution in [2.24, 2.45) is 17.4 Å². The van der Waals surface area contributed by atoms with Gasteiger partial charge in [0.25, 0.3) is 0 Å². The molecule has 5 aliphatic rings. The van der Waals surface area contributed by atoms with Gasteiger partial charge >= 0.3 is 24.8 Å². The molecule has 2 bridgehead atoms. The molecule has 7 heterocycles. The fourth-order valence-corrected chi connectivity index (χ4v) is 13.6. The number of anilines is 2. The summed E-state index contributed by atoms with van der Waals surface area (Å²) in [5.41, 5.74) is 10.8. The van der Waals surface area contributed by atoms with E-state index in [0.717, 1.165) is 41.3 Å². The number of ether oxygens (including phenoxy) is 3. The highest BCUT2D eigenvalue weighted by molar-refractivity contribution is 7.92. The number of piperidine rings is 2. The van der Waals surface area contributed by atoms with E-state index in [1.54, 1.807) is 24.3 Å². The second kappa shape index (κ2) is 23.2. The Kier molecular flexibility index (Phi) is 16.4. The molecule has 4 N–H and O–H groups in total. The summed E-state index contributed by atoms with van der Waals surface area (Å²) in [5.74, 6) is -3.51. The second-order valence-corrected chi connectivity index (χ2v) is 26.3. The Labute approximate surface area is 495 Å². The van der Waals surface area contributed by atoms with Crippen molar-refractivity contribution >= 4 is 49.0 Å². The van der Waals surface area contributed by atoms with Crippen LogP contribution in [-0.4, -0.2) is 121 Å². The molecule has 0 radical (unpaired) electrons. The molecule has 3 fully saturated rings. The lowest BCUT2D eigenvalue weighted by molar-refractivity contribution is -0.253. The van der Waals surface area contributed by atoms with Gasteiger partial charge < -0.3 is 49.3 Å². The molecule has 2 saturated heterocycles. The van der Waals surface area contributed by atoms with Gasteiger partial charge in [0.05, 0.1) is 81.5 Å². The first kappa shape index (κ1) is 62.4. The highest BCUT2D eigenvalue weighted by Crippen LogP contribution is 2.52. The van der Waals surface area contributed by atoms with Gasteiger partial charge in [-0.15, -0.1) is 10.2 Å². The van der Waals surface area contributed by atoms with Crippen LogP contribution < -0.4 is 30.7 Å². The van der Waals surface area contributed by atoms with Crippen LogP contribution in [0, 0.1) is 11.7 Å². The van der Waals surface area contributed by atoms with Crippen LogP contribution in [0.1, 0.15) is 62.1 Å². The van der Waals surface area contributed by atoms with Crippen LogP contribution in [0.25, 0.3) is 22.8 Å². The summed E-state index contributed by atoms with van der Waals surface area (Å²) < 4.78 is 184. The quantitative estimate of drug-likeness (QED) is 0.109. The average molecular weight is 1270 g/mol. The predicted molar refractivity (Wildman–Crippen MR) is 293 cm³/mol. The van der Waals surface area contributed by atoms with E-state index in [2.05, 4.69) is 30.1 Å². The highest BCUT2D eigenvalue weighted by atomic mass is 32.2. The van der Waals surface area contributed by atoms with E-state index in [1.165, 1.54) is 47.2 Å². The Morgan fingerprint density at radius 1 is 0.784 bits per heavy atom. The molecule has 7 aromatic rings. The normalized spacial score (nSPS) is 20.6. The van der Waals surface area contributed by atoms with Crippen LogP contribution in [-0.2, 0) is 64.1 Å². The van der Waals surface area contributed by atoms with Crippen LogP contribution in [0.4, 0.5) is 51.3 Å². The van der Waals surface area contributed by atoms with Gasteiger partial charge in [-0.25, -0.2) is 31.0 Å². The van der Waals surface area contributed by atoms with Gasteiger partial charge in [-0.2, -0.15) is 35.7 Å². The second-order valence-electron chi connectivity index (χ2n) is 22.3. The molecule has 32 heteroatoms. The van der Waals surface area contributed by atoms with E-state index in [9.17, 15) is 62.0 Å². The highest BCUT2D eigenvalue weighted by Gasteiger charge is 2.56. The van der Waals surface area contributed by atoms with Gasteiger partial charge in [0.2, 0.25) is 41.2 Å². The molecule has 1 aliphatic carbocycles. The number of amides is 3. The largest absolute Gasteiger partial charge is 0.461 e. The maximum absolute atomic E-state index is 15.6. The molecule has 2 atom stereocenters. The third-order valence-corrected chi connectivity index (χ3v) is 18.4. The van der Waals surface area contributed by atoms with Crippen molar-refractivity contribution in [1.29, 1.82) is 0 Å². The van der Waals surface area contributed by atoms with Gasteiger partial charge in [0, 0.05) is 36.3 Å². The molecule has 0 spiro atoms. The maximum Gasteiger partial charge on any atom is 0.461 e. The Morgan fingerprint density at radius 3 is 1.92 bits per heavy atom. The minimum Gasteiger partial charge on any atom is -0.453 e. The fourth-order valence-electron chi connectivity index (χ4n) is 10.4.